The van der Waals surface area contributed by atoms with Gasteiger partial charge in [-0.25, -0.2) is 14.3 Å². The number of quaternary nitrogens is 1. The highest BCUT2D eigenvalue weighted by Gasteiger charge is 2.53. The second-order valence-corrected chi connectivity index (χ2v) is 10.7. The fraction of sp³-hybridized carbons (Fsp3) is 0.269. The maximum absolute atomic E-state index is 14.0. The number of primary amides is 1. The standard InChI is InChI=1S/C26H26N4O3S2/c1-2-33-18-11-12-19-23(16-18)35-26(28-19)34-17-24(31)30(15-7-10-22(30)25(27)32)21-9-4-3-8-20(21)29-13-5-6-14-29/h3-6,8-9,11-14,16,22H,2,7,10,15,17H2,1H3,(H-,27,32)/p+1/t22-,30?/m0/s1. The summed E-state index contributed by atoms with van der Waals surface area (Å²) in [6.45, 7) is 3.10. The van der Waals surface area contributed by atoms with Gasteiger partial charge in [-0.3, -0.25) is 4.79 Å². The molecule has 1 saturated heterocycles. The number of thiazole rings is 1. The van der Waals surface area contributed by atoms with E-state index < -0.39 is 11.9 Å². The summed E-state index contributed by atoms with van der Waals surface area (Å²) in [4.78, 5) is 31.3. The van der Waals surface area contributed by atoms with Crippen molar-refractivity contribution in [3.05, 3.63) is 67.0 Å². The summed E-state index contributed by atoms with van der Waals surface area (Å²) in [6.07, 6.45) is 5.24. The summed E-state index contributed by atoms with van der Waals surface area (Å²) in [7, 11) is 0. The first-order chi connectivity index (χ1) is 17.0. The molecule has 0 spiro atoms. The highest BCUT2D eigenvalue weighted by Crippen LogP contribution is 2.40. The number of rotatable bonds is 8. The third-order valence-corrected chi connectivity index (χ3v) is 8.60. The summed E-state index contributed by atoms with van der Waals surface area (Å²) >= 11 is 2.95. The van der Waals surface area contributed by atoms with Gasteiger partial charge in [0.2, 0.25) is 0 Å². The zero-order valence-electron chi connectivity index (χ0n) is 19.4. The highest BCUT2D eigenvalue weighted by molar-refractivity contribution is 8.01. The van der Waals surface area contributed by atoms with Gasteiger partial charge in [0.15, 0.2) is 16.1 Å². The predicted octanol–water partition coefficient (Wildman–Crippen LogP) is 4.76. The molecule has 1 unspecified atom stereocenters. The number of aromatic nitrogens is 2. The van der Waals surface area contributed by atoms with E-state index in [1.54, 1.807) is 11.3 Å². The first kappa shape index (κ1) is 23.6. The summed E-state index contributed by atoms with van der Waals surface area (Å²) in [5.74, 6) is 0.530. The van der Waals surface area contributed by atoms with Crippen molar-refractivity contribution in [2.75, 3.05) is 18.9 Å². The number of ether oxygens (including phenoxy) is 1. The normalized spacial score (nSPS) is 19.7. The summed E-state index contributed by atoms with van der Waals surface area (Å²) in [5.41, 5.74) is 8.44. The van der Waals surface area contributed by atoms with Crippen molar-refractivity contribution in [2.24, 2.45) is 5.73 Å². The van der Waals surface area contributed by atoms with Crippen LogP contribution in [0.3, 0.4) is 0 Å². The van der Waals surface area contributed by atoms with E-state index in [-0.39, 0.29) is 16.1 Å². The molecule has 2 N–H and O–H groups in total. The molecule has 0 radical (unpaired) electrons. The number of thioether (sulfide) groups is 1. The van der Waals surface area contributed by atoms with Crippen molar-refractivity contribution < 1.29 is 14.3 Å². The highest BCUT2D eigenvalue weighted by atomic mass is 32.2. The Morgan fingerprint density at radius 2 is 2.00 bits per heavy atom. The van der Waals surface area contributed by atoms with E-state index in [1.165, 1.54) is 11.8 Å². The van der Waals surface area contributed by atoms with Gasteiger partial charge in [-0.05, 0) is 43.3 Å². The molecule has 2 aromatic heterocycles. The van der Waals surface area contributed by atoms with E-state index in [0.29, 0.717) is 19.6 Å². The van der Waals surface area contributed by atoms with Gasteiger partial charge in [-0.15, -0.1) is 11.3 Å². The van der Waals surface area contributed by atoms with E-state index in [9.17, 15) is 9.59 Å². The average molecular weight is 508 g/mol. The van der Waals surface area contributed by atoms with Crippen molar-refractivity contribution in [1.29, 1.82) is 0 Å². The van der Waals surface area contributed by atoms with Gasteiger partial charge >= 0.3 is 5.91 Å². The van der Waals surface area contributed by atoms with Crippen LogP contribution in [0.5, 0.6) is 5.75 Å². The summed E-state index contributed by atoms with van der Waals surface area (Å²) in [5, 5.41) is 0. The molecule has 3 heterocycles. The fourth-order valence-corrected chi connectivity index (χ4v) is 6.99. The molecule has 5 rings (SSSR count). The number of para-hydroxylation sites is 2. The van der Waals surface area contributed by atoms with E-state index >= 15 is 0 Å². The van der Waals surface area contributed by atoms with E-state index in [4.69, 9.17) is 15.5 Å². The zero-order chi connectivity index (χ0) is 24.4. The topological polar surface area (TPSA) is 87.2 Å². The van der Waals surface area contributed by atoms with Gasteiger partial charge in [-0.1, -0.05) is 23.9 Å². The molecule has 0 bridgehead atoms. The zero-order valence-corrected chi connectivity index (χ0v) is 21.1. The lowest BCUT2D eigenvalue weighted by molar-refractivity contribution is -0.134. The summed E-state index contributed by atoms with van der Waals surface area (Å²) in [6, 6.07) is 16.9. The molecule has 35 heavy (non-hydrogen) atoms. The molecule has 1 aliphatic rings. The van der Waals surface area contributed by atoms with Crippen molar-refractivity contribution in [1.82, 2.24) is 14.0 Å². The molecule has 0 saturated carbocycles. The van der Waals surface area contributed by atoms with Gasteiger partial charge in [0.1, 0.15) is 17.2 Å². The fourth-order valence-electron chi connectivity index (χ4n) is 4.95. The smallest absolute Gasteiger partial charge is 0.329 e. The molecule has 2 atom stereocenters. The predicted molar refractivity (Wildman–Crippen MR) is 141 cm³/mol. The molecule has 1 aliphatic heterocycles. The van der Waals surface area contributed by atoms with E-state index in [0.717, 1.165) is 38.1 Å². The number of likely N-dealkylation sites (tertiary alicyclic amines) is 1. The number of carbonyl (C=O) groups is 2. The molecule has 0 aliphatic carbocycles. The minimum Gasteiger partial charge on any atom is -0.494 e. The van der Waals surface area contributed by atoms with Crippen LogP contribution in [0.15, 0.2) is 71.3 Å². The second kappa shape index (κ2) is 9.85. The lowest BCUT2D eigenvalue weighted by atomic mass is 10.1. The molecule has 7 nitrogen and oxygen atoms in total. The first-order valence-electron chi connectivity index (χ1n) is 11.6. The number of nitrogens with two attached hydrogens (primary N) is 1. The molecule has 2 amide bonds. The number of amides is 2. The molecule has 9 heteroatoms. The van der Waals surface area contributed by atoms with Crippen molar-refractivity contribution in [3.63, 3.8) is 0 Å². The van der Waals surface area contributed by atoms with Crippen molar-refractivity contribution in [3.8, 4) is 11.4 Å². The Balaban J connectivity index is 1.48. The number of hydrogen-bond donors (Lipinski definition) is 1. The van der Waals surface area contributed by atoms with Crippen LogP contribution in [0.4, 0.5) is 5.69 Å². The Labute approximate surface area is 212 Å². The van der Waals surface area contributed by atoms with E-state index in [2.05, 4.69) is 0 Å². The van der Waals surface area contributed by atoms with Crippen LogP contribution in [-0.4, -0.2) is 46.3 Å². The Morgan fingerprint density at radius 1 is 1.20 bits per heavy atom. The van der Waals surface area contributed by atoms with Crippen LogP contribution in [0, 0.1) is 0 Å². The largest absolute Gasteiger partial charge is 0.494 e. The molecule has 1 fully saturated rings. The minimum atomic E-state index is -0.594. The monoisotopic (exact) mass is 507 g/mol. The van der Waals surface area contributed by atoms with Gasteiger partial charge in [0.05, 0.1) is 23.4 Å². The first-order valence-corrected chi connectivity index (χ1v) is 13.4. The lowest BCUT2D eigenvalue weighted by Crippen LogP contribution is -2.62. The van der Waals surface area contributed by atoms with Crippen LogP contribution < -0.4 is 15.0 Å². The van der Waals surface area contributed by atoms with Crippen molar-refractivity contribution in [2.45, 2.75) is 30.1 Å². The van der Waals surface area contributed by atoms with Crippen LogP contribution in [0.1, 0.15) is 19.8 Å². The molecule has 2 aromatic carbocycles. The quantitative estimate of drug-likeness (QED) is 0.274. The maximum Gasteiger partial charge on any atom is 0.329 e. The second-order valence-electron chi connectivity index (χ2n) is 8.46. The van der Waals surface area contributed by atoms with Crippen LogP contribution in [0.25, 0.3) is 15.9 Å². The molecule has 4 aromatic rings. The number of benzene rings is 2. The molecular weight excluding hydrogens is 480 g/mol. The maximum atomic E-state index is 14.0. The third kappa shape index (κ3) is 4.35. The van der Waals surface area contributed by atoms with Gasteiger partial charge in [-0.2, -0.15) is 0 Å². The van der Waals surface area contributed by atoms with Crippen LogP contribution in [0.2, 0.25) is 0 Å². The number of hydrogen-bond acceptors (Lipinski definition) is 6. The average Bonchev–Trinajstić information content (AvgIpc) is 3.62. The lowest BCUT2D eigenvalue weighted by Gasteiger charge is -2.36. The van der Waals surface area contributed by atoms with Crippen molar-refractivity contribution >= 4 is 50.8 Å². The van der Waals surface area contributed by atoms with Gasteiger partial charge in [0.25, 0.3) is 5.91 Å². The minimum absolute atomic E-state index is 0.0369. The van der Waals surface area contributed by atoms with E-state index in [1.807, 2.05) is 78.5 Å². The SMILES string of the molecule is CCOc1ccc2nc(SCC(=O)[N+]3(c4ccccc4-n4cccc4)CCC[C@H]3C(N)=O)sc2c1. The van der Waals surface area contributed by atoms with Crippen LogP contribution in [-0.2, 0) is 9.59 Å². The Bertz CT molecular complexity index is 1370. The van der Waals surface area contributed by atoms with Gasteiger partial charge in [0, 0.05) is 31.3 Å². The number of nitrogens with zero attached hydrogens (tertiary/aromatic N) is 3. The number of fused-ring (bicyclic) bond motifs is 1. The number of carbonyl (C=O) groups excluding carboxylic acids is 2. The Morgan fingerprint density at radius 3 is 2.77 bits per heavy atom. The molecular formula is C26H27N4O3S2+. The Kier molecular flexibility index (Phi) is 6.64. The van der Waals surface area contributed by atoms with Crippen LogP contribution >= 0.6 is 23.1 Å². The third-order valence-electron chi connectivity index (χ3n) is 6.46. The Hall–Kier alpha value is -3.14. The summed E-state index contributed by atoms with van der Waals surface area (Å²) < 4.78 is 9.35. The molecule has 180 valence electrons. The van der Waals surface area contributed by atoms with Gasteiger partial charge < -0.3 is 15.0 Å².